The molecular weight excluding hydrogens is 524 g/mol. The predicted molar refractivity (Wildman–Crippen MR) is 150 cm³/mol. The van der Waals surface area contributed by atoms with E-state index < -0.39 is 89.5 Å². The molecule has 2 fully saturated rings. The van der Waals surface area contributed by atoms with Crippen LogP contribution in [0.1, 0.15) is 74.1 Å². The van der Waals surface area contributed by atoms with E-state index in [0.29, 0.717) is 25.7 Å². The van der Waals surface area contributed by atoms with Crippen LogP contribution in [0.4, 0.5) is 0 Å². The van der Waals surface area contributed by atoms with Crippen molar-refractivity contribution in [3.05, 3.63) is 0 Å². The second-order valence-corrected chi connectivity index (χ2v) is 12.0. The minimum Gasteiger partial charge on any atom is -0.479 e. The number of ether oxygens (including phenoxy) is 4. The summed E-state index contributed by atoms with van der Waals surface area (Å²) in [5, 5.41) is 56.7. The number of amides is 1. The van der Waals surface area contributed by atoms with Gasteiger partial charge in [0.2, 0.25) is 5.91 Å². The van der Waals surface area contributed by atoms with Gasteiger partial charge < -0.3 is 49.8 Å². The number of rotatable bonds is 12. The van der Waals surface area contributed by atoms with Crippen LogP contribution in [0.25, 0.3) is 0 Å². The Balaban J connectivity index is 2.59. The minimum atomic E-state index is -2.16. The van der Waals surface area contributed by atoms with E-state index in [-0.39, 0.29) is 0 Å². The molecule has 0 spiro atoms. The third kappa shape index (κ3) is 6.39. The van der Waals surface area contributed by atoms with E-state index >= 15 is 0 Å². The van der Waals surface area contributed by atoms with Gasteiger partial charge in [0.15, 0.2) is 19.6 Å². The molecule has 12 nitrogen and oxygen atoms in total. The van der Waals surface area contributed by atoms with Gasteiger partial charge in [0.05, 0.1) is 23.8 Å². The number of carboxylic acids is 1. The van der Waals surface area contributed by atoms with Gasteiger partial charge in [0.25, 0.3) is 0 Å². The van der Waals surface area contributed by atoms with Crippen molar-refractivity contribution in [1.82, 2.24) is 5.32 Å². The average Bonchev–Trinajstić information content (AvgIpc) is 2.91. The Bertz CT molecular complexity index is 889. The highest BCUT2D eigenvalue weighted by molar-refractivity contribution is 6.16. The molecule has 0 aromatic heterocycles. The SMILES string of the molecule is B[C@@]1(OC2C(O)C(CO)O[C@@](B)(C(C)(CC)CC)C2NC(C)=O)OC(C(=O)O)C(OC(C)(CC)CC)C(O)C1O. The van der Waals surface area contributed by atoms with E-state index in [9.17, 15) is 35.1 Å². The molecule has 0 aromatic rings. The third-order valence-electron chi connectivity index (χ3n) is 9.72. The van der Waals surface area contributed by atoms with Crippen LogP contribution in [-0.4, -0.2) is 125 Å². The largest absolute Gasteiger partial charge is 0.479 e. The van der Waals surface area contributed by atoms with Crippen molar-refractivity contribution in [1.29, 1.82) is 0 Å². The van der Waals surface area contributed by atoms with Gasteiger partial charge >= 0.3 is 5.97 Å². The molecule has 0 saturated carbocycles. The maximum Gasteiger partial charge on any atom is 0.335 e. The molecule has 1 amide bonds. The number of aliphatic hydroxyl groups is 4. The molecule has 14 heteroatoms. The molecule has 0 radical (unpaired) electrons. The molecule has 2 saturated heterocycles. The van der Waals surface area contributed by atoms with Crippen LogP contribution in [0.2, 0.25) is 0 Å². The van der Waals surface area contributed by atoms with Crippen LogP contribution in [0.15, 0.2) is 0 Å². The number of carboxylic acid groups (broad SMARTS) is 1. The molecule has 6 N–H and O–H groups in total. The highest BCUT2D eigenvalue weighted by Crippen LogP contribution is 2.47. The van der Waals surface area contributed by atoms with Crippen molar-refractivity contribution in [2.24, 2.45) is 5.41 Å². The first kappa shape index (κ1) is 34.9. The molecule has 0 aromatic carbocycles. The third-order valence-corrected chi connectivity index (χ3v) is 9.72. The van der Waals surface area contributed by atoms with Crippen LogP contribution in [0.5, 0.6) is 0 Å². The Morgan fingerprint density at radius 2 is 1.50 bits per heavy atom. The van der Waals surface area contributed by atoms with Crippen LogP contribution >= 0.6 is 0 Å². The van der Waals surface area contributed by atoms with Crippen LogP contribution in [0, 0.1) is 5.41 Å². The van der Waals surface area contributed by atoms with Gasteiger partial charge in [-0.2, -0.15) is 0 Å². The second kappa shape index (κ2) is 12.9. The Labute approximate surface area is 238 Å². The fourth-order valence-corrected chi connectivity index (χ4v) is 5.86. The van der Waals surface area contributed by atoms with Crippen molar-refractivity contribution < 1.29 is 54.1 Å². The second-order valence-electron chi connectivity index (χ2n) is 12.0. The van der Waals surface area contributed by atoms with Gasteiger partial charge in [-0.1, -0.05) is 34.6 Å². The maximum atomic E-state index is 12.4. The minimum absolute atomic E-state index is 0.441. The Hall–Kier alpha value is -1.25. The van der Waals surface area contributed by atoms with E-state index in [2.05, 4.69) is 5.32 Å². The Morgan fingerprint density at radius 3 is 1.93 bits per heavy atom. The predicted octanol–water partition coefficient (Wildman–Crippen LogP) is -1.76. The summed E-state index contributed by atoms with van der Waals surface area (Å²) in [6.07, 6.45) is -8.41. The molecule has 230 valence electrons. The van der Waals surface area contributed by atoms with Gasteiger partial charge in [-0.3, -0.25) is 4.79 Å². The molecule has 0 aliphatic carbocycles. The van der Waals surface area contributed by atoms with E-state index in [1.54, 1.807) is 14.8 Å². The lowest BCUT2D eigenvalue weighted by Crippen LogP contribution is -2.77. The van der Waals surface area contributed by atoms with Gasteiger partial charge in [-0.05, 0) is 38.0 Å². The van der Waals surface area contributed by atoms with Gasteiger partial charge in [-0.25, -0.2) is 4.79 Å². The van der Waals surface area contributed by atoms with Crippen molar-refractivity contribution in [2.45, 2.75) is 140 Å². The maximum absolute atomic E-state index is 12.4. The molecule has 0 bridgehead atoms. The number of carbonyl (C=O) groups excluding carboxylic acids is 1. The van der Waals surface area contributed by atoms with Gasteiger partial charge in [0.1, 0.15) is 44.5 Å². The fourth-order valence-electron chi connectivity index (χ4n) is 5.86. The summed E-state index contributed by atoms with van der Waals surface area (Å²) in [6.45, 7) is 12.1. The zero-order valence-electron chi connectivity index (χ0n) is 25.3. The number of aliphatic hydroxyl groups excluding tert-OH is 4. The molecule has 2 aliphatic rings. The van der Waals surface area contributed by atoms with Crippen molar-refractivity contribution in [3.8, 4) is 0 Å². The first-order valence-corrected chi connectivity index (χ1v) is 14.3. The summed E-state index contributed by atoms with van der Waals surface area (Å²) in [6, 6.07) is -1.02. The van der Waals surface area contributed by atoms with Gasteiger partial charge in [-0.15, -0.1) is 0 Å². The van der Waals surface area contributed by atoms with E-state index in [4.69, 9.17) is 18.9 Å². The summed E-state index contributed by atoms with van der Waals surface area (Å²) < 4.78 is 24.4. The molecule has 10 atom stereocenters. The lowest BCUT2D eigenvalue weighted by molar-refractivity contribution is -0.362. The topological polar surface area (TPSA) is 184 Å². The fraction of sp³-hybridized carbons (Fsp3) is 0.923. The van der Waals surface area contributed by atoms with E-state index in [1.165, 1.54) is 14.8 Å². The molecule has 2 heterocycles. The van der Waals surface area contributed by atoms with Crippen LogP contribution in [0.3, 0.4) is 0 Å². The standard InChI is InChI=1S/C26H49B2NO11/c1-8-23(6,9-2)25(27)20(29-13(5)31)18(15(32)14(12-30)37-25)39-26(28)21(34)16(33)17(19(40-26)22(35)36)38-24(7,10-3)11-4/h14-21,30,32-34H,8-12,27-28H2,1-7H3,(H,29,31)(H,35,36)/t14?,15?,16?,17?,18?,19?,20?,21?,25-,26+/m1/s1. The highest BCUT2D eigenvalue weighted by atomic mass is 16.7. The summed E-state index contributed by atoms with van der Waals surface area (Å²) >= 11 is 0. The average molecular weight is 573 g/mol. The van der Waals surface area contributed by atoms with Crippen molar-refractivity contribution in [3.63, 3.8) is 0 Å². The summed E-state index contributed by atoms with van der Waals surface area (Å²) in [4.78, 5) is 24.7. The van der Waals surface area contributed by atoms with E-state index in [1.807, 2.05) is 34.6 Å². The zero-order valence-corrected chi connectivity index (χ0v) is 25.3. The lowest BCUT2D eigenvalue weighted by atomic mass is 9.53. The number of hydrogen-bond acceptors (Lipinski definition) is 10. The number of aliphatic carboxylic acids is 1. The van der Waals surface area contributed by atoms with Gasteiger partial charge in [0, 0.05) is 6.92 Å². The van der Waals surface area contributed by atoms with Crippen LogP contribution in [-0.2, 0) is 28.5 Å². The first-order valence-electron chi connectivity index (χ1n) is 14.3. The quantitative estimate of drug-likeness (QED) is 0.146. The smallest absolute Gasteiger partial charge is 0.335 e. The Morgan fingerprint density at radius 1 is 0.950 bits per heavy atom. The summed E-state index contributed by atoms with van der Waals surface area (Å²) in [5.74, 6) is -1.88. The number of hydrogen-bond donors (Lipinski definition) is 6. The molecular formula is C26H49B2NO11. The summed E-state index contributed by atoms with van der Waals surface area (Å²) in [7, 11) is 3.03. The molecule has 2 aliphatic heterocycles. The van der Waals surface area contributed by atoms with Crippen LogP contribution < -0.4 is 5.32 Å². The molecule has 2 rings (SSSR count). The monoisotopic (exact) mass is 573 g/mol. The highest BCUT2D eigenvalue weighted by Gasteiger charge is 2.63. The number of carbonyl (C=O) groups is 2. The lowest BCUT2D eigenvalue weighted by Gasteiger charge is -2.59. The van der Waals surface area contributed by atoms with Crippen molar-refractivity contribution >= 4 is 27.6 Å². The number of nitrogens with one attached hydrogen (secondary N) is 1. The normalized spacial score (nSPS) is 39.1. The first-order chi connectivity index (χ1) is 18.4. The van der Waals surface area contributed by atoms with E-state index in [0.717, 1.165) is 0 Å². The summed E-state index contributed by atoms with van der Waals surface area (Å²) in [5.41, 5.74) is -4.71. The molecule has 40 heavy (non-hydrogen) atoms. The van der Waals surface area contributed by atoms with Crippen molar-refractivity contribution in [2.75, 3.05) is 6.61 Å². The molecule has 8 unspecified atom stereocenters. The zero-order chi connectivity index (χ0) is 30.8. The Kier molecular flexibility index (Phi) is 11.3.